The molecule has 0 saturated carbocycles. The van der Waals surface area contributed by atoms with Gasteiger partial charge in [0.1, 0.15) is 0 Å². The van der Waals surface area contributed by atoms with Crippen molar-refractivity contribution < 1.29 is 9.47 Å². The number of thiophene rings is 1. The minimum Gasteiger partial charge on any atom is -0.487 e. The first-order chi connectivity index (χ1) is 9.85. The van der Waals surface area contributed by atoms with Crippen molar-refractivity contribution >= 4 is 28.4 Å². The summed E-state index contributed by atoms with van der Waals surface area (Å²) in [4.78, 5) is 2.35. The van der Waals surface area contributed by atoms with E-state index in [4.69, 9.17) is 9.47 Å². The van der Waals surface area contributed by atoms with Crippen molar-refractivity contribution in [3.05, 3.63) is 35.7 Å². The van der Waals surface area contributed by atoms with E-state index in [9.17, 15) is 0 Å². The number of benzene rings is 1. The molecule has 5 heteroatoms. The van der Waals surface area contributed by atoms with E-state index in [1.165, 1.54) is 5.69 Å². The Labute approximate surface area is 122 Å². The number of methoxy groups -OCH3 is 1. The van der Waals surface area contributed by atoms with Crippen molar-refractivity contribution in [2.24, 2.45) is 0 Å². The van der Waals surface area contributed by atoms with Crippen LogP contribution in [0.2, 0.25) is 0 Å². The molecule has 0 amide bonds. The fourth-order valence-electron chi connectivity index (χ4n) is 2.23. The van der Waals surface area contributed by atoms with Crippen molar-refractivity contribution in [2.75, 3.05) is 43.6 Å². The van der Waals surface area contributed by atoms with Gasteiger partial charge >= 0.3 is 0 Å². The van der Waals surface area contributed by atoms with Crippen LogP contribution in [0.1, 0.15) is 0 Å². The first kappa shape index (κ1) is 13.3. The number of morpholine rings is 1. The van der Waals surface area contributed by atoms with E-state index in [-0.39, 0.29) is 0 Å². The molecule has 0 unspecified atom stereocenters. The topological polar surface area (TPSA) is 33.7 Å². The van der Waals surface area contributed by atoms with E-state index in [0.717, 1.165) is 42.7 Å². The van der Waals surface area contributed by atoms with Crippen LogP contribution in [0.25, 0.3) is 0 Å². The fraction of sp³-hybridized carbons (Fsp3) is 0.333. The largest absolute Gasteiger partial charge is 0.487 e. The lowest BCUT2D eigenvalue weighted by Gasteiger charge is -2.28. The zero-order valence-corrected chi connectivity index (χ0v) is 12.3. The van der Waals surface area contributed by atoms with Gasteiger partial charge in [-0.25, -0.2) is 0 Å². The highest BCUT2D eigenvalue weighted by Crippen LogP contribution is 2.29. The first-order valence-corrected chi connectivity index (χ1v) is 7.55. The molecular weight excluding hydrogens is 272 g/mol. The number of nitrogens with one attached hydrogen (secondary N) is 1. The summed E-state index contributed by atoms with van der Waals surface area (Å²) in [6.45, 7) is 3.56. The molecule has 1 saturated heterocycles. The van der Waals surface area contributed by atoms with Crippen LogP contribution in [0.5, 0.6) is 5.06 Å². The van der Waals surface area contributed by atoms with Crippen molar-refractivity contribution in [3.8, 4) is 5.06 Å². The zero-order chi connectivity index (χ0) is 13.8. The van der Waals surface area contributed by atoms with E-state index >= 15 is 0 Å². The molecule has 1 N–H and O–H groups in total. The second-order valence-corrected chi connectivity index (χ2v) is 5.50. The smallest absolute Gasteiger partial charge is 0.175 e. The summed E-state index contributed by atoms with van der Waals surface area (Å²) in [5.41, 5.74) is 3.40. The lowest BCUT2D eigenvalue weighted by molar-refractivity contribution is 0.122. The highest BCUT2D eigenvalue weighted by Gasteiger charge is 2.10. The minimum absolute atomic E-state index is 0.814. The van der Waals surface area contributed by atoms with Gasteiger partial charge in [-0.3, -0.25) is 0 Å². The molecule has 4 nitrogen and oxygen atoms in total. The molecule has 0 atom stereocenters. The SMILES string of the molecule is COc1cc(Nc2ccc(N3CCOCC3)cc2)cs1. The normalized spacial score (nSPS) is 15.2. The van der Waals surface area contributed by atoms with Gasteiger partial charge in [-0.15, -0.1) is 11.3 Å². The van der Waals surface area contributed by atoms with Crippen LogP contribution >= 0.6 is 11.3 Å². The molecule has 1 aliphatic heterocycles. The average molecular weight is 290 g/mol. The van der Waals surface area contributed by atoms with E-state index in [1.54, 1.807) is 18.4 Å². The van der Waals surface area contributed by atoms with Gasteiger partial charge in [0.25, 0.3) is 0 Å². The van der Waals surface area contributed by atoms with E-state index in [1.807, 2.05) is 6.07 Å². The van der Waals surface area contributed by atoms with Gasteiger partial charge in [0, 0.05) is 35.9 Å². The van der Waals surface area contributed by atoms with Crippen LogP contribution in [-0.4, -0.2) is 33.4 Å². The van der Waals surface area contributed by atoms with Gasteiger partial charge in [0.2, 0.25) is 0 Å². The van der Waals surface area contributed by atoms with Crippen LogP contribution in [0.15, 0.2) is 35.7 Å². The molecule has 3 rings (SSSR count). The van der Waals surface area contributed by atoms with E-state index < -0.39 is 0 Å². The van der Waals surface area contributed by atoms with Crippen LogP contribution < -0.4 is 15.0 Å². The summed E-state index contributed by atoms with van der Waals surface area (Å²) in [6.07, 6.45) is 0. The third-order valence-corrected chi connectivity index (χ3v) is 4.20. The summed E-state index contributed by atoms with van der Waals surface area (Å²) in [5.74, 6) is 0. The van der Waals surface area contributed by atoms with Gasteiger partial charge in [-0.1, -0.05) is 0 Å². The number of rotatable bonds is 4. The highest BCUT2D eigenvalue weighted by atomic mass is 32.1. The molecule has 0 aliphatic carbocycles. The summed E-state index contributed by atoms with van der Waals surface area (Å²) in [7, 11) is 1.69. The predicted octanol–water partition coefficient (Wildman–Crippen LogP) is 3.34. The van der Waals surface area contributed by atoms with Gasteiger partial charge in [0.15, 0.2) is 5.06 Å². The van der Waals surface area contributed by atoms with Crippen LogP contribution in [0.4, 0.5) is 17.1 Å². The second-order valence-electron chi connectivity index (χ2n) is 4.63. The van der Waals surface area contributed by atoms with Crippen molar-refractivity contribution in [2.45, 2.75) is 0 Å². The Morgan fingerprint density at radius 1 is 1.15 bits per heavy atom. The number of anilines is 3. The number of hydrogen-bond donors (Lipinski definition) is 1. The molecule has 1 aliphatic rings. The maximum atomic E-state index is 5.37. The Morgan fingerprint density at radius 2 is 1.90 bits per heavy atom. The third-order valence-electron chi connectivity index (χ3n) is 3.31. The van der Waals surface area contributed by atoms with Gasteiger partial charge in [-0.2, -0.15) is 0 Å². The quantitative estimate of drug-likeness (QED) is 0.936. The van der Waals surface area contributed by atoms with E-state index in [0.29, 0.717) is 0 Å². The van der Waals surface area contributed by atoms with Crippen LogP contribution in [0.3, 0.4) is 0 Å². The van der Waals surface area contributed by atoms with Crippen molar-refractivity contribution in [1.82, 2.24) is 0 Å². The molecule has 0 bridgehead atoms. The molecule has 20 heavy (non-hydrogen) atoms. The maximum Gasteiger partial charge on any atom is 0.175 e. The Bertz CT molecular complexity index is 547. The number of nitrogens with zero attached hydrogens (tertiary/aromatic N) is 1. The van der Waals surface area contributed by atoms with Gasteiger partial charge in [0.05, 0.1) is 26.0 Å². The summed E-state index contributed by atoms with van der Waals surface area (Å²) in [5, 5.41) is 6.34. The molecule has 1 aromatic carbocycles. The van der Waals surface area contributed by atoms with Crippen molar-refractivity contribution in [1.29, 1.82) is 0 Å². The predicted molar refractivity (Wildman–Crippen MR) is 83.6 cm³/mol. The summed E-state index contributed by atoms with van der Waals surface area (Å²) >= 11 is 1.59. The summed E-state index contributed by atoms with van der Waals surface area (Å²) in [6, 6.07) is 10.5. The van der Waals surface area contributed by atoms with Crippen molar-refractivity contribution in [3.63, 3.8) is 0 Å². The van der Waals surface area contributed by atoms with E-state index in [2.05, 4.69) is 39.9 Å². The van der Waals surface area contributed by atoms with Gasteiger partial charge < -0.3 is 19.7 Å². The van der Waals surface area contributed by atoms with Crippen LogP contribution in [0, 0.1) is 0 Å². The fourth-order valence-corrected chi connectivity index (χ4v) is 2.89. The number of ether oxygens (including phenoxy) is 2. The number of hydrogen-bond acceptors (Lipinski definition) is 5. The Hall–Kier alpha value is -1.72. The third kappa shape index (κ3) is 3.05. The Balaban J connectivity index is 1.66. The lowest BCUT2D eigenvalue weighted by atomic mass is 10.2. The first-order valence-electron chi connectivity index (χ1n) is 6.67. The highest BCUT2D eigenvalue weighted by molar-refractivity contribution is 7.12. The Morgan fingerprint density at radius 3 is 2.55 bits per heavy atom. The monoisotopic (exact) mass is 290 g/mol. The molecule has 1 fully saturated rings. The molecule has 2 heterocycles. The Kier molecular flexibility index (Phi) is 4.08. The zero-order valence-electron chi connectivity index (χ0n) is 11.5. The average Bonchev–Trinajstić information content (AvgIpc) is 2.97. The molecule has 0 radical (unpaired) electrons. The second kappa shape index (κ2) is 6.15. The molecule has 0 spiro atoms. The van der Waals surface area contributed by atoms with Gasteiger partial charge in [-0.05, 0) is 24.3 Å². The standard InChI is InChI=1S/C15H18N2O2S/c1-18-15-10-13(11-20-15)16-12-2-4-14(5-3-12)17-6-8-19-9-7-17/h2-5,10-11,16H,6-9H2,1H3. The van der Waals surface area contributed by atoms with Crippen LogP contribution in [-0.2, 0) is 4.74 Å². The minimum atomic E-state index is 0.814. The summed E-state index contributed by atoms with van der Waals surface area (Å²) < 4.78 is 10.6. The molecular formula is C15H18N2O2S. The maximum absolute atomic E-state index is 5.37. The molecule has 2 aromatic rings. The molecule has 106 valence electrons. The lowest BCUT2D eigenvalue weighted by Crippen LogP contribution is -2.36. The molecule has 1 aromatic heterocycles.